The summed E-state index contributed by atoms with van der Waals surface area (Å²) >= 11 is 2.64. The number of fused-ring (bicyclic) bond motifs is 1. The number of amides is 1. The van der Waals surface area contributed by atoms with Crippen molar-refractivity contribution in [2.75, 3.05) is 0 Å². The lowest BCUT2D eigenvalue weighted by molar-refractivity contribution is -0.117. The molecule has 7 heteroatoms. The molecular formula is C18H19N3O2S2. The number of thioether (sulfide) groups is 1. The second kappa shape index (κ2) is 6.65. The van der Waals surface area contributed by atoms with Gasteiger partial charge in [0.05, 0.1) is 10.6 Å². The second-order valence-electron chi connectivity index (χ2n) is 6.05. The van der Waals surface area contributed by atoms with E-state index in [1.165, 1.54) is 38.8 Å². The summed E-state index contributed by atoms with van der Waals surface area (Å²) in [5.74, 6) is -0.429. The molecule has 2 heterocycles. The van der Waals surface area contributed by atoms with E-state index in [9.17, 15) is 9.59 Å². The molecule has 0 bridgehead atoms. The largest absolute Gasteiger partial charge is 0.369 e. The first-order valence-corrected chi connectivity index (χ1v) is 9.57. The zero-order valence-electron chi connectivity index (χ0n) is 14.5. The highest BCUT2D eigenvalue weighted by Gasteiger charge is 2.19. The number of hydrogen-bond acceptors (Lipinski definition) is 5. The summed E-state index contributed by atoms with van der Waals surface area (Å²) in [6, 6.07) is 6.18. The van der Waals surface area contributed by atoms with Crippen LogP contribution in [0, 0.1) is 13.8 Å². The minimum Gasteiger partial charge on any atom is -0.369 e. The van der Waals surface area contributed by atoms with Gasteiger partial charge in [-0.1, -0.05) is 30.0 Å². The van der Waals surface area contributed by atoms with Crippen LogP contribution >= 0.6 is 23.1 Å². The average molecular weight is 374 g/mol. The van der Waals surface area contributed by atoms with E-state index < -0.39 is 11.2 Å². The molecule has 130 valence electrons. The molecule has 0 fully saturated rings. The van der Waals surface area contributed by atoms with Crippen LogP contribution in [0.15, 0.2) is 33.5 Å². The molecule has 2 aromatic heterocycles. The van der Waals surface area contributed by atoms with Gasteiger partial charge in [-0.2, -0.15) is 0 Å². The van der Waals surface area contributed by atoms with E-state index in [1.807, 2.05) is 11.4 Å². The average Bonchev–Trinajstić information content (AvgIpc) is 2.98. The zero-order chi connectivity index (χ0) is 18.3. The second-order valence-corrected chi connectivity index (χ2v) is 8.22. The van der Waals surface area contributed by atoms with Crippen molar-refractivity contribution in [3.63, 3.8) is 0 Å². The third-order valence-electron chi connectivity index (χ3n) is 4.28. The number of benzene rings is 1. The van der Waals surface area contributed by atoms with Crippen molar-refractivity contribution in [3.8, 4) is 11.1 Å². The number of aryl methyl sites for hydroxylation is 2. The van der Waals surface area contributed by atoms with Crippen LogP contribution < -0.4 is 11.3 Å². The van der Waals surface area contributed by atoms with E-state index in [2.05, 4.69) is 31.0 Å². The number of rotatable bonds is 4. The number of primary amides is 1. The van der Waals surface area contributed by atoms with Gasteiger partial charge in [-0.05, 0) is 37.5 Å². The lowest BCUT2D eigenvalue weighted by atomic mass is 10.0. The van der Waals surface area contributed by atoms with Gasteiger partial charge in [0.2, 0.25) is 5.91 Å². The first kappa shape index (κ1) is 17.7. The molecule has 0 radical (unpaired) electrons. The fraction of sp³-hybridized carbons (Fsp3) is 0.278. The maximum absolute atomic E-state index is 12.9. The number of carbonyl (C=O) groups is 1. The lowest BCUT2D eigenvalue weighted by Crippen LogP contribution is -2.25. The lowest BCUT2D eigenvalue weighted by Gasteiger charge is -2.11. The van der Waals surface area contributed by atoms with Crippen molar-refractivity contribution in [2.45, 2.75) is 31.2 Å². The molecule has 1 amide bonds. The molecule has 0 aliphatic rings. The van der Waals surface area contributed by atoms with E-state index in [0.29, 0.717) is 15.4 Å². The molecule has 0 saturated heterocycles. The monoisotopic (exact) mass is 373 g/mol. The predicted octanol–water partition coefficient (Wildman–Crippen LogP) is 3.24. The smallest absolute Gasteiger partial charge is 0.263 e. The summed E-state index contributed by atoms with van der Waals surface area (Å²) in [5, 5.41) is 2.63. The van der Waals surface area contributed by atoms with Crippen molar-refractivity contribution in [1.29, 1.82) is 0 Å². The van der Waals surface area contributed by atoms with E-state index in [4.69, 9.17) is 5.73 Å². The highest BCUT2D eigenvalue weighted by molar-refractivity contribution is 8.00. The molecule has 3 rings (SSSR count). The molecule has 0 spiro atoms. The summed E-state index contributed by atoms with van der Waals surface area (Å²) < 4.78 is 1.49. The number of nitrogens with two attached hydrogens (primary N) is 1. The molecule has 5 nitrogen and oxygen atoms in total. The maximum Gasteiger partial charge on any atom is 0.263 e. The van der Waals surface area contributed by atoms with Crippen LogP contribution in [-0.2, 0) is 11.8 Å². The quantitative estimate of drug-likeness (QED) is 0.562. The minimum absolute atomic E-state index is 0.112. The predicted molar refractivity (Wildman–Crippen MR) is 104 cm³/mol. The van der Waals surface area contributed by atoms with Crippen LogP contribution in [0.3, 0.4) is 0 Å². The third-order valence-corrected chi connectivity index (χ3v) is 6.31. The van der Waals surface area contributed by atoms with Crippen LogP contribution in [0.5, 0.6) is 0 Å². The van der Waals surface area contributed by atoms with Crippen LogP contribution in [0.1, 0.15) is 18.1 Å². The Bertz CT molecular complexity index is 1040. The van der Waals surface area contributed by atoms with Gasteiger partial charge in [0.1, 0.15) is 4.83 Å². The Balaban J connectivity index is 2.16. The molecule has 0 aliphatic heterocycles. The van der Waals surface area contributed by atoms with E-state index >= 15 is 0 Å². The topological polar surface area (TPSA) is 78.0 Å². The number of carbonyl (C=O) groups excluding carboxylic acids is 1. The summed E-state index contributed by atoms with van der Waals surface area (Å²) in [5.41, 5.74) is 9.52. The molecule has 3 aromatic rings. The van der Waals surface area contributed by atoms with Gasteiger partial charge in [0.25, 0.3) is 5.56 Å². The summed E-state index contributed by atoms with van der Waals surface area (Å²) in [6.45, 7) is 5.83. The van der Waals surface area contributed by atoms with Crippen molar-refractivity contribution >= 4 is 39.2 Å². The van der Waals surface area contributed by atoms with Gasteiger partial charge in [-0.25, -0.2) is 4.98 Å². The number of aromatic nitrogens is 2. The molecule has 2 N–H and O–H groups in total. The Kier molecular flexibility index (Phi) is 4.71. The maximum atomic E-state index is 12.9. The molecule has 25 heavy (non-hydrogen) atoms. The van der Waals surface area contributed by atoms with Crippen LogP contribution in [0.2, 0.25) is 0 Å². The molecule has 0 aliphatic carbocycles. The van der Waals surface area contributed by atoms with Gasteiger partial charge >= 0.3 is 0 Å². The van der Waals surface area contributed by atoms with Crippen molar-refractivity contribution in [3.05, 3.63) is 45.1 Å². The van der Waals surface area contributed by atoms with Gasteiger partial charge in [0.15, 0.2) is 5.16 Å². The zero-order valence-corrected chi connectivity index (χ0v) is 16.1. The van der Waals surface area contributed by atoms with Crippen molar-refractivity contribution in [2.24, 2.45) is 12.8 Å². The first-order valence-electron chi connectivity index (χ1n) is 7.81. The Morgan fingerprint density at radius 1 is 1.32 bits per heavy atom. The van der Waals surface area contributed by atoms with E-state index in [0.717, 1.165) is 11.1 Å². The number of thiophene rings is 1. The SMILES string of the molecule is Cc1ccc(-c2csc3nc(SC(C)C(N)=O)n(C)c(=O)c23)cc1C. The molecule has 1 unspecified atom stereocenters. The van der Waals surface area contributed by atoms with Crippen molar-refractivity contribution < 1.29 is 4.79 Å². The van der Waals surface area contributed by atoms with Crippen LogP contribution in [0.25, 0.3) is 21.3 Å². The van der Waals surface area contributed by atoms with Gasteiger partial charge in [-0.15, -0.1) is 11.3 Å². The number of hydrogen-bond donors (Lipinski definition) is 1. The Hall–Kier alpha value is -2.12. The Morgan fingerprint density at radius 2 is 2.04 bits per heavy atom. The third kappa shape index (κ3) is 3.21. The molecule has 1 aromatic carbocycles. The van der Waals surface area contributed by atoms with Gasteiger partial charge in [0, 0.05) is 18.0 Å². The summed E-state index contributed by atoms with van der Waals surface area (Å²) in [6.07, 6.45) is 0. The molecule has 0 saturated carbocycles. The fourth-order valence-corrected chi connectivity index (χ4v) is 4.31. The minimum atomic E-state index is -0.449. The van der Waals surface area contributed by atoms with Gasteiger partial charge < -0.3 is 5.73 Å². The van der Waals surface area contributed by atoms with Crippen LogP contribution in [0.4, 0.5) is 0 Å². The summed E-state index contributed by atoms with van der Waals surface area (Å²) in [4.78, 5) is 29.5. The normalized spacial score (nSPS) is 12.5. The van der Waals surface area contributed by atoms with E-state index in [-0.39, 0.29) is 5.56 Å². The molecular weight excluding hydrogens is 354 g/mol. The number of nitrogens with zero attached hydrogens (tertiary/aromatic N) is 2. The standard InChI is InChI=1S/C18H19N3O2S2/c1-9-5-6-12(7-10(9)2)13-8-24-16-14(13)17(23)21(4)18(20-16)25-11(3)15(19)22/h5-8,11H,1-4H3,(H2,19,22). The van der Waals surface area contributed by atoms with Crippen molar-refractivity contribution in [1.82, 2.24) is 9.55 Å². The Labute approximate surface area is 153 Å². The highest BCUT2D eigenvalue weighted by Crippen LogP contribution is 2.33. The Morgan fingerprint density at radius 3 is 2.68 bits per heavy atom. The molecule has 1 atom stereocenters. The first-order chi connectivity index (χ1) is 11.8. The summed E-state index contributed by atoms with van der Waals surface area (Å²) in [7, 11) is 1.67. The van der Waals surface area contributed by atoms with Crippen LogP contribution in [-0.4, -0.2) is 20.7 Å². The van der Waals surface area contributed by atoms with Gasteiger partial charge in [-0.3, -0.25) is 14.2 Å². The van der Waals surface area contributed by atoms with E-state index in [1.54, 1.807) is 14.0 Å². The fourth-order valence-electron chi connectivity index (χ4n) is 2.50. The highest BCUT2D eigenvalue weighted by atomic mass is 32.2.